The summed E-state index contributed by atoms with van der Waals surface area (Å²) in [6, 6.07) is 0.690. The number of ether oxygens (including phenoxy) is 1. The summed E-state index contributed by atoms with van der Waals surface area (Å²) in [7, 11) is 0. The fourth-order valence-electron chi connectivity index (χ4n) is 1.64. The number of aryl methyl sites for hydroxylation is 2. The van der Waals surface area contributed by atoms with Crippen molar-refractivity contribution < 1.29 is 19.4 Å². The molecule has 19 heavy (non-hydrogen) atoms. The molecule has 1 heterocycles. The number of carboxylic acids is 1. The lowest BCUT2D eigenvalue weighted by atomic mass is 10.1. The number of amides is 1. The highest BCUT2D eigenvalue weighted by atomic mass is 32.1. The standard InChI is InChI=1S/C13H19NO4S/c1-7-6-9(8(2)19-7)10(11(15)16)14-12(17)18-13(3,4)5/h6,10H,1-5H3,(H,14,17)(H,15,16). The normalized spacial score (nSPS) is 12.9. The van der Waals surface area contributed by atoms with Gasteiger partial charge in [0, 0.05) is 9.75 Å². The molecule has 0 saturated carbocycles. The average molecular weight is 285 g/mol. The van der Waals surface area contributed by atoms with Crippen LogP contribution in [0.4, 0.5) is 4.79 Å². The van der Waals surface area contributed by atoms with Crippen LogP contribution >= 0.6 is 11.3 Å². The van der Waals surface area contributed by atoms with E-state index < -0.39 is 23.7 Å². The van der Waals surface area contributed by atoms with Crippen LogP contribution in [0.1, 0.15) is 42.1 Å². The number of carbonyl (C=O) groups excluding carboxylic acids is 1. The van der Waals surface area contributed by atoms with Gasteiger partial charge in [0.15, 0.2) is 6.04 Å². The minimum absolute atomic E-state index is 0.598. The zero-order valence-corrected chi connectivity index (χ0v) is 12.6. The van der Waals surface area contributed by atoms with Crippen molar-refractivity contribution in [3.63, 3.8) is 0 Å². The highest BCUT2D eigenvalue weighted by Gasteiger charge is 2.27. The number of hydrogen-bond donors (Lipinski definition) is 2. The average Bonchev–Trinajstić information content (AvgIpc) is 2.51. The van der Waals surface area contributed by atoms with Crippen molar-refractivity contribution in [1.82, 2.24) is 5.32 Å². The van der Waals surface area contributed by atoms with Crippen LogP contribution in [0.25, 0.3) is 0 Å². The molecule has 1 atom stereocenters. The van der Waals surface area contributed by atoms with Gasteiger partial charge < -0.3 is 15.2 Å². The topological polar surface area (TPSA) is 75.6 Å². The van der Waals surface area contributed by atoms with Crippen LogP contribution in [0.2, 0.25) is 0 Å². The Bertz CT molecular complexity index is 487. The van der Waals surface area contributed by atoms with Crippen LogP contribution in [-0.4, -0.2) is 22.8 Å². The molecule has 0 spiro atoms. The third-order valence-corrected chi connectivity index (χ3v) is 3.28. The van der Waals surface area contributed by atoms with E-state index in [1.807, 2.05) is 13.8 Å². The number of aliphatic carboxylic acids is 1. The first kappa shape index (κ1) is 15.5. The molecule has 0 radical (unpaired) electrons. The molecule has 1 aromatic rings. The molecule has 0 saturated heterocycles. The summed E-state index contributed by atoms with van der Waals surface area (Å²) in [6.07, 6.45) is -0.733. The first-order valence-electron chi connectivity index (χ1n) is 5.89. The molecular formula is C13H19NO4S. The number of alkyl carbamates (subject to hydrolysis) is 1. The van der Waals surface area contributed by atoms with E-state index in [1.54, 1.807) is 26.8 Å². The van der Waals surface area contributed by atoms with Crippen molar-refractivity contribution in [3.8, 4) is 0 Å². The molecule has 1 amide bonds. The van der Waals surface area contributed by atoms with Gasteiger partial charge in [-0.3, -0.25) is 0 Å². The van der Waals surface area contributed by atoms with Crippen LogP contribution in [0.3, 0.4) is 0 Å². The molecule has 1 rings (SSSR count). The maximum Gasteiger partial charge on any atom is 0.408 e. The smallest absolute Gasteiger partial charge is 0.408 e. The van der Waals surface area contributed by atoms with E-state index in [4.69, 9.17) is 4.74 Å². The van der Waals surface area contributed by atoms with E-state index >= 15 is 0 Å². The summed E-state index contributed by atoms with van der Waals surface area (Å²) in [5, 5.41) is 11.6. The molecule has 0 aliphatic carbocycles. The zero-order valence-electron chi connectivity index (χ0n) is 11.7. The van der Waals surface area contributed by atoms with Crippen molar-refractivity contribution in [3.05, 3.63) is 21.4 Å². The Balaban J connectivity index is 2.89. The van der Waals surface area contributed by atoms with Gasteiger partial charge in [-0.2, -0.15) is 0 Å². The third kappa shape index (κ3) is 4.55. The van der Waals surface area contributed by atoms with E-state index in [9.17, 15) is 14.7 Å². The van der Waals surface area contributed by atoms with Gasteiger partial charge in [-0.1, -0.05) is 0 Å². The summed E-state index contributed by atoms with van der Waals surface area (Å²) >= 11 is 1.50. The maximum atomic E-state index is 11.7. The lowest BCUT2D eigenvalue weighted by Crippen LogP contribution is -2.38. The lowest BCUT2D eigenvalue weighted by Gasteiger charge is -2.22. The monoisotopic (exact) mass is 285 g/mol. The molecule has 6 heteroatoms. The Labute approximate surface area is 116 Å². The van der Waals surface area contributed by atoms with Crippen molar-refractivity contribution in [2.24, 2.45) is 0 Å². The van der Waals surface area contributed by atoms with Gasteiger partial charge in [-0.15, -0.1) is 11.3 Å². The Kier molecular flexibility index (Phi) is 4.57. The second kappa shape index (κ2) is 5.61. The van der Waals surface area contributed by atoms with E-state index in [-0.39, 0.29) is 0 Å². The number of carboxylic acid groups (broad SMARTS) is 1. The highest BCUT2D eigenvalue weighted by Crippen LogP contribution is 2.27. The van der Waals surface area contributed by atoms with Crippen LogP contribution in [0, 0.1) is 13.8 Å². The summed E-state index contributed by atoms with van der Waals surface area (Å²) in [6.45, 7) is 8.90. The Morgan fingerprint density at radius 3 is 2.32 bits per heavy atom. The lowest BCUT2D eigenvalue weighted by molar-refractivity contribution is -0.139. The predicted molar refractivity (Wildman–Crippen MR) is 73.5 cm³/mol. The van der Waals surface area contributed by atoms with Gasteiger partial charge in [0.1, 0.15) is 5.60 Å². The van der Waals surface area contributed by atoms with Crippen LogP contribution in [0.15, 0.2) is 6.07 Å². The Morgan fingerprint density at radius 2 is 1.95 bits per heavy atom. The molecule has 0 aliphatic heterocycles. The van der Waals surface area contributed by atoms with Crippen molar-refractivity contribution in [2.75, 3.05) is 0 Å². The summed E-state index contributed by atoms with van der Waals surface area (Å²) in [4.78, 5) is 24.8. The maximum absolute atomic E-state index is 11.7. The fraction of sp³-hybridized carbons (Fsp3) is 0.538. The minimum Gasteiger partial charge on any atom is -0.479 e. The van der Waals surface area contributed by atoms with Crippen molar-refractivity contribution in [2.45, 2.75) is 46.3 Å². The Hall–Kier alpha value is -1.56. The molecule has 2 N–H and O–H groups in total. The second-order valence-corrected chi connectivity index (χ2v) is 6.75. The summed E-state index contributed by atoms with van der Waals surface area (Å²) in [5.74, 6) is -1.10. The number of thiophene rings is 1. The fourth-order valence-corrected chi connectivity index (χ4v) is 2.60. The molecule has 0 bridgehead atoms. The molecule has 1 aromatic heterocycles. The number of nitrogens with one attached hydrogen (secondary N) is 1. The third-order valence-electron chi connectivity index (χ3n) is 2.30. The Morgan fingerprint density at radius 1 is 1.37 bits per heavy atom. The zero-order chi connectivity index (χ0) is 14.8. The van der Waals surface area contributed by atoms with Gasteiger partial charge in [-0.25, -0.2) is 9.59 Å². The predicted octanol–water partition coefficient (Wildman–Crippen LogP) is 3.02. The van der Waals surface area contributed by atoms with E-state index in [0.29, 0.717) is 5.56 Å². The van der Waals surface area contributed by atoms with Crippen molar-refractivity contribution in [1.29, 1.82) is 0 Å². The van der Waals surface area contributed by atoms with Gasteiger partial charge in [0.2, 0.25) is 0 Å². The number of rotatable bonds is 3. The van der Waals surface area contributed by atoms with Gasteiger partial charge in [-0.05, 0) is 46.2 Å². The molecule has 106 valence electrons. The minimum atomic E-state index is -1.10. The largest absolute Gasteiger partial charge is 0.479 e. The first-order chi connectivity index (χ1) is 8.60. The molecule has 0 aromatic carbocycles. The molecule has 0 fully saturated rings. The molecular weight excluding hydrogens is 266 g/mol. The van der Waals surface area contributed by atoms with Crippen molar-refractivity contribution >= 4 is 23.4 Å². The number of hydrogen-bond acceptors (Lipinski definition) is 4. The molecule has 5 nitrogen and oxygen atoms in total. The van der Waals surface area contributed by atoms with Gasteiger partial charge in [0.05, 0.1) is 0 Å². The molecule has 0 aliphatic rings. The van der Waals surface area contributed by atoms with Crippen LogP contribution in [-0.2, 0) is 9.53 Å². The van der Waals surface area contributed by atoms with Gasteiger partial charge >= 0.3 is 12.1 Å². The quantitative estimate of drug-likeness (QED) is 0.895. The second-order valence-electron chi connectivity index (χ2n) is 5.29. The van der Waals surface area contributed by atoms with E-state index in [2.05, 4.69) is 5.32 Å². The van der Waals surface area contributed by atoms with E-state index in [0.717, 1.165) is 9.75 Å². The van der Waals surface area contributed by atoms with Crippen LogP contribution < -0.4 is 5.32 Å². The first-order valence-corrected chi connectivity index (χ1v) is 6.71. The summed E-state index contributed by atoms with van der Waals surface area (Å²) < 4.78 is 5.08. The van der Waals surface area contributed by atoms with E-state index in [1.165, 1.54) is 11.3 Å². The van der Waals surface area contributed by atoms with Gasteiger partial charge in [0.25, 0.3) is 0 Å². The van der Waals surface area contributed by atoms with Crippen LogP contribution in [0.5, 0.6) is 0 Å². The SMILES string of the molecule is Cc1cc(C(NC(=O)OC(C)(C)C)C(=O)O)c(C)s1. The highest BCUT2D eigenvalue weighted by molar-refractivity contribution is 7.12. The molecule has 1 unspecified atom stereocenters. The number of carbonyl (C=O) groups is 2. The summed E-state index contributed by atoms with van der Waals surface area (Å²) in [5.41, 5.74) is -0.0620.